The van der Waals surface area contributed by atoms with Crippen molar-refractivity contribution in [1.82, 2.24) is 0 Å². The summed E-state index contributed by atoms with van der Waals surface area (Å²) in [6.45, 7) is 0. The second kappa shape index (κ2) is 3.65. The number of rotatable bonds is 2. The van der Waals surface area contributed by atoms with Gasteiger partial charge in [-0.2, -0.15) is 0 Å². The molecule has 2 atom stereocenters. The summed E-state index contributed by atoms with van der Waals surface area (Å²) in [6.07, 6.45) is 0.568. The first-order valence-electron chi connectivity index (χ1n) is 4.31. The number of aliphatic carboxylic acids is 1. The fourth-order valence-corrected chi connectivity index (χ4v) is 3.18. The molecule has 1 aliphatic rings. The van der Waals surface area contributed by atoms with Gasteiger partial charge in [0.15, 0.2) is 0 Å². The third-order valence-corrected chi connectivity index (χ3v) is 4.18. The van der Waals surface area contributed by atoms with Gasteiger partial charge in [0.05, 0.1) is 0 Å². The number of carbonyl (C=O) groups is 1. The van der Waals surface area contributed by atoms with Crippen LogP contribution in [-0.2, 0) is 10.2 Å². The van der Waals surface area contributed by atoms with Gasteiger partial charge in [0, 0.05) is 14.9 Å². The molecule has 0 amide bonds. The quantitative estimate of drug-likeness (QED) is 0.849. The van der Waals surface area contributed by atoms with Gasteiger partial charge in [0.2, 0.25) is 0 Å². The lowest BCUT2D eigenvalue weighted by molar-refractivity contribution is -0.139. The minimum absolute atomic E-state index is 0.0444. The van der Waals surface area contributed by atoms with Crippen LogP contribution >= 0.6 is 39.1 Å². The molecule has 0 saturated heterocycles. The molecule has 0 bridgehead atoms. The van der Waals surface area contributed by atoms with Crippen LogP contribution in [0.2, 0.25) is 10.0 Å². The number of carboxylic acid groups (broad SMARTS) is 1. The Morgan fingerprint density at radius 2 is 1.87 bits per heavy atom. The molecule has 1 aliphatic carbocycles. The molecule has 1 saturated carbocycles. The minimum Gasteiger partial charge on any atom is -0.481 e. The Morgan fingerprint density at radius 3 is 2.20 bits per heavy atom. The largest absolute Gasteiger partial charge is 0.481 e. The Labute approximate surface area is 105 Å². The summed E-state index contributed by atoms with van der Waals surface area (Å²) in [5, 5.41) is 10.1. The van der Waals surface area contributed by atoms with Crippen molar-refractivity contribution in [2.45, 2.75) is 16.7 Å². The van der Waals surface area contributed by atoms with Crippen molar-refractivity contribution in [2.24, 2.45) is 0 Å². The molecule has 0 aliphatic heterocycles. The van der Waals surface area contributed by atoms with E-state index in [1.54, 1.807) is 18.2 Å². The molecule has 2 nitrogen and oxygen atoms in total. The van der Waals surface area contributed by atoms with Crippen LogP contribution in [0.15, 0.2) is 18.2 Å². The molecule has 1 N–H and O–H groups in total. The van der Waals surface area contributed by atoms with Crippen molar-refractivity contribution in [1.29, 1.82) is 0 Å². The van der Waals surface area contributed by atoms with E-state index in [4.69, 9.17) is 23.2 Å². The van der Waals surface area contributed by atoms with Crippen LogP contribution in [0.5, 0.6) is 0 Å². The van der Waals surface area contributed by atoms with Gasteiger partial charge in [-0.3, -0.25) is 4.79 Å². The fraction of sp³-hybridized carbons (Fsp3) is 0.300. The van der Waals surface area contributed by atoms with Crippen molar-refractivity contribution < 1.29 is 9.90 Å². The van der Waals surface area contributed by atoms with E-state index in [-0.39, 0.29) is 4.83 Å². The van der Waals surface area contributed by atoms with Crippen LogP contribution in [0.1, 0.15) is 12.0 Å². The maximum absolute atomic E-state index is 11.2. The van der Waals surface area contributed by atoms with E-state index in [0.717, 1.165) is 0 Å². The lowest BCUT2D eigenvalue weighted by atomic mass is 9.96. The van der Waals surface area contributed by atoms with E-state index in [0.29, 0.717) is 22.0 Å². The molecule has 1 fully saturated rings. The van der Waals surface area contributed by atoms with E-state index in [1.807, 2.05) is 0 Å². The zero-order valence-electron chi connectivity index (χ0n) is 7.51. The molecule has 2 unspecified atom stereocenters. The number of halogens is 3. The Kier molecular flexibility index (Phi) is 2.73. The van der Waals surface area contributed by atoms with E-state index in [1.165, 1.54) is 0 Å². The highest BCUT2D eigenvalue weighted by Crippen LogP contribution is 2.54. The maximum Gasteiger partial charge on any atom is 0.315 e. The van der Waals surface area contributed by atoms with Gasteiger partial charge in [-0.25, -0.2) is 0 Å². The SMILES string of the molecule is O=C(O)C1(c2cc(Cl)cc(Cl)c2)CC1Br. The number of benzene rings is 1. The third-order valence-electron chi connectivity index (χ3n) is 2.64. The van der Waals surface area contributed by atoms with Gasteiger partial charge < -0.3 is 5.11 Å². The number of carboxylic acids is 1. The lowest BCUT2D eigenvalue weighted by Crippen LogP contribution is -2.22. The summed E-state index contributed by atoms with van der Waals surface area (Å²) >= 11 is 15.0. The van der Waals surface area contributed by atoms with Gasteiger partial charge >= 0.3 is 5.97 Å². The van der Waals surface area contributed by atoms with Crippen LogP contribution in [0.3, 0.4) is 0 Å². The van der Waals surface area contributed by atoms with E-state index in [9.17, 15) is 9.90 Å². The van der Waals surface area contributed by atoms with Gasteiger partial charge in [0.25, 0.3) is 0 Å². The molecule has 0 spiro atoms. The summed E-state index contributed by atoms with van der Waals surface area (Å²) in [6, 6.07) is 4.90. The Hall–Kier alpha value is -0.250. The van der Waals surface area contributed by atoms with Crippen LogP contribution in [-0.4, -0.2) is 15.9 Å². The molecule has 5 heteroatoms. The molecule has 1 aromatic carbocycles. The smallest absolute Gasteiger partial charge is 0.315 e. The summed E-state index contributed by atoms with van der Waals surface area (Å²) in [7, 11) is 0. The normalized spacial score (nSPS) is 28.9. The number of hydrogen-bond acceptors (Lipinski definition) is 1. The van der Waals surface area contributed by atoms with Gasteiger partial charge in [-0.15, -0.1) is 0 Å². The van der Waals surface area contributed by atoms with Gasteiger partial charge in [-0.05, 0) is 30.2 Å². The highest BCUT2D eigenvalue weighted by atomic mass is 79.9. The number of hydrogen-bond donors (Lipinski definition) is 1. The highest BCUT2D eigenvalue weighted by molar-refractivity contribution is 9.09. The second-order valence-corrected chi connectivity index (χ2v) is 5.58. The van der Waals surface area contributed by atoms with E-state index >= 15 is 0 Å². The molecule has 80 valence electrons. The molecular formula is C10H7BrCl2O2. The Morgan fingerprint density at radius 1 is 1.40 bits per heavy atom. The Bertz CT molecular complexity index is 415. The first-order valence-corrected chi connectivity index (χ1v) is 5.98. The van der Waals surface area contributed by atoms with E-state index < -0.39 is 11.4 Å². The van der Waals surface area contributed by atoms with Crippen LogP contribution in [0.25, 0.3) is 0 Å². The van der Waals surface area contributed by atoms with Crippen molar-refractivity contribution in [3.63, 3.8) is 0 Å². The first-order chi connectivity index (χ1) is 6.96. The monoisotopic (exact) mass is 308 g/mol. The molecule has 0 radical (unpaired) electrons. The summed E-state index contributed by atoms with van der Waals surface area (Å²) in [5.41, 5.74) is -0.191. The average molecular weight is 310 g/mol. The number of alkyl halides is 1. The summed E-state index contributed by atoms with van der Waals surface area (Å²) < 4.78 is 0. The second-order valence-electron chi connectivity index (χ2n) is 3.61. The van der Waals surface area contributed by atoms with Gasteiger partial charge in [0.1, 0.15) is 5.41 Å². The molecule has 0 aromatic heterocycles. The summed E-state index contributed by atoms with van der Waals surface area (Å²) in [4.78, 5) is 11.2. The van der Waals surface area contributed by atoms with Crippen molar-refractivity contribution in [3.05, 3.63) is 33.8 Å². The Balaban J connectivity index is 2.49. The van der Waals surface area contributed by atoms with Crippen molar-refractivity contribution >= 4 is 45.1 Å². The summed E-state index contributed by atoms with van der Waals surface area (Å²) in [5.74, 6) is -0.845. The predicted molar refractivity (Wildman–Crippen MR) is 63.1 cm³/mol. The first kappa shape index (κ1) is 11.2. The lowest BCUT2D eigenvalue weighted by Gasteiger charge is -2.11. The molecule has 0 heterocycles. The zero-order valence-corrected chi connectivity index (χ0v) is 10.6. The topological polar surface area (TPSA) is 37.3 Å². The predicted octanol–water partition coefficient (Wildman–Crippen LogP) is 3.48. The van der Waals surface area contributed by atoms with Crippen LogP contribution < -0.4 is 0 Å². The van der Waals surface area contributed by atoms with Crippen LogP contribution in [0.4, 0.5) is 0 Å². The molecule has 15 heavy (non-hydrogen) atoms. The molecule has 1 aromatic rings. The molecule has 2 rings (SSSR count). The molecular weight excluding hydrogens is 303 g/mol. The van der Waals surface area contributed by atoms with Crippen LogP contribution in [0, 0.1) is 0 Å². The van der Waals surface area contributed by atoms with E-state index in [2.05, 4.69) is 15.9 Å². The standard InChI is InChI=1S/C10H7BrCl2O2/c11-8-4-10(8,9(14)15)5-1-6(12)3-7(13)2-5/h1-3,8H,4H2,(H,14,15). The average Bonchev–Trinajstić information content (AvgIpc) is 2.76. The highest BCUT2D eigenvalue weighted by Gasteiger charge is 2.60. The fourth-order valence-electron chi connectivity index (χ4n) is 1.68. The minimum atomic E-state index is -0.853. The maximum atomic E-state index is 11.2. The van der Waals surface area contributed by atoms with Crippen molar-refractivity contribution in [3.8, 4) is 0 Å². The van der Waals surface area contributed by atoms with Gasteiger partial charge in [-0.1, -0.05) is 39.1 Å². The third kappa shape index (κ3) is 1.77. The zero-order chi connectivity index (χ0) is 11.2. The van der Waals surface area contributed by atoms with Crippen molar-refractivity contribution in [2.75, 3.05) is 0 Å².